The molecule has 14 heavy (non-hydrogen) atoms. The van der Waals surface area contributed by atoms with E-state index >= 15 is 0 Å². The second kappa shape index (κ2) is 3.96. The van der Waals surface area contributed by atoms with Crippen LogP contribution in [0.5, 0.6) is 0 Å². The molecule has 0 aliphatic rings. The maximum absolute atomic E-state index is 12.3. The summed E-state index contributed by atoms with van der Waals surface area (Å²) in [5, 5.41) is 2.97. The van der Waals surface area contributed by atoms with Gasteiger partial charge in [-0.3, -0.25) is 4.79 Å². The summed E-state index contributed by atoms with van der Waals surface area (Å²) in [5.74, 6) is -0.971. The van der Waals surface area contributed by atoms with Crippen LogP contribution in [0.15, 0.2) is 28.5 Å². The quantitative estimate of drug-likeness (QED) is 0.551. The monoisotopic (exact) mass is 220 g/mol. The molecule has 1 rings (SSSR count). The zero-order valence-corrected chi connectivity index (χ0v) is 8.08. The number of alkyl halides is 3. The summed E-state index contributed by atoms with van der Waals surface area (Å²) in [6.07, 6.45) is -3.78. The van der Waals surface area contributed by atoms with Gasteiger partial charge in [-0.25, -0.2) is 0 Å². The highest BCUT2D eigenvalue weighted by molar-refractivity contribution is 7.08. The highest BCUT2D eigenvalue weighted by Crippen LogP contribution is 2.28. The van der Waals surface area contributed by atoms with Crippen molar-refractivity contribution in [2.75, 3.05) is 0 Å². The molecule has 0 saturated heterocycles. The summed E-state index contributed by atoms with van der Waals surface area (Å²) in [6, 6.07) is 1.38. The molecule has 5 heteroatoms. The molecule has 0 radical (unpaired) electrons. The van der Waals surface area contributed by atoms with E-state index in [9.17, 15) is 18.0 Å². The lowest BCUT2D eigenvalue weighted by atomic mass is 10.1. The Labute approximate surface area is 82.9 Å². The second-order valence-corrected chi connectivity index (χ2v) is 3.32. The van der Waals surface area contributed by atoms with E-state index in [0.717, 1.165) is 6.08 Å². The van der Waals surface area contributed by atoms with E-state index in [1.165, 1.54) is 29.7 Å². The van der Waals surface area contributed by atoms with Gasteiger partial charge in [-0.1, -0.05) is 6.08 Å². The third kappa shape index (κ3) is 2.23. The van der Waals surface area contributed by atoms with Crippen molar-refractivity contribution in [2.24, 2.45) is 0 Å². The minimum absolute atomic E-state index is 0.0837. The summed E-state index contributed by atoms with van der Waals surface area (Å²) >= 11 is 1.19. The van der Waals surface area contributed by atoms with E-state index < -0.39 is 17.5 Å². The first kappa shape index (κ1) is 11.0. The molecule has 0 aromatic carbocycles. The largest absolute Gasteiger partial charge is 0.419 e. The Kier molecular flexibility index (Phi) is 3.10. The number of allylic oxidation sites excluding steroid dienone is 2. The van der Waals surface area contributed by atoms with Crippen LogP contribution in [0, 0.1) is 0 Å². The van der Waals surface area contributed by atoms with Crippen LogP contribution >= 0.6 is 11.3 Å². The first-order valence-corrected chi connectivity index (χ1v) is 4.71. The number of thiophene rings is 1. The van der Waals surface area contributed by atoms with E-state index in [1.807, 2.05) is 0 Å². The van der Waals surface area contributed by atoms with E-state index in [0.29, 0.717) is 0 Å². The number of rotatable bonds is 2. The van der Waals surface area contributed by atoms with Gasteiger partial charge in [0, 0.05) is 10.9 Å². The van der Waals surface area contributed by atoms with Crippen molar-refractivity contribution < 1.29 is 18.0 Å². The van der Waals surface area contributed by atoms with Crippen LogP contribution < -0.4 is 0 Å². The molecule has 1 nitrogen and oxygen atoms in total. The normalized spacial score (nSPS) is 13.0. The molecule has 1 heterocycles. The van der Waals surface area contributed by atoms with Crippen molar-refractivity contribution in [2.45, 2.75) is 13.1 Å². The molecule has 76 valence electrons. The maximum Gasteiger partial charge on any atom is 0.419 e. The molecule has 1 aromatic heterocycles. The maximum atomic E-state index is 12.3. The third-order valence-corrected chi connectivity index (χ3v) is 2.31. The van der Waals surface area contributed by atoms with Gasteiger partial charge >= 0.3 is 6.18 Å². The van der Waals surface area contributed by atoms with Crippen molar-refractivity contribution in [3.63, 3.8) is 0 Å². The number of carbonyl (C=O) groups excluding carboxylic acids is 1. The van der Waals surface area contributed by atoms with Gasteiger partial charge < -0.3 is 0 Å². The molecule has 0 unspecified atom stereocenters. The molecule has 0 aliphatic carbocycles. The van der Waals surface area contributed by atoms with Gasteiger partial charge in [0.15, 0.2) is 5.78 Å². The molecular formula is C9H7F3OS. The van der Waals surface area contributed by atoms with Gasteiger partial charge in [0.05, 0.1) is 5.57 Å². The fourth-order valence-electron chi connectivity index (χ4n) is 0.973. The highest BCUT2D eigenvalue weighted by atomic mass is 32.1. The molecule has 0 bridgehead atoms. The number of carbonyl (C=O) groups is 1. The molecule has 0 fully saturated rings. The number of hydrogen-bond donors (Lipinski definition) is 0. The summed E-state index contributed by atoms with van der Waals surface area (Å²) in [4.78, 5) is 11.3. The molecule has 1 aromatic rings. The van der Waals surface area contributed by atoms with Crippen LogP contribution in [0.3, 0.4) is 0 Å². The van der Waals surface area contributed by atoms with Crippen LogP contribution in [0.1, 0.15) is 17.3 Å². The Morgan fingerprint density at radius 3 is 2.50 bits per heavy atom. The molecule has 0 spiro atoms. The Morgan fingerprint density at radius 2 is 2.14 bits per heavy atom. The minimum atomic E-state index is -4.58. The Bertz CT molecular complexity index is 349. The predicted octanol–water partition coefficient (Wildman–Crippen LogP) is 3.44. The standard InChI is InChI=1S/C9H7F3OS/c1-2-7(9(10,11)12)8(13)6-3-4-14-5-6/h2-5H,1H3/b7-2-. The van der Waals surface area contributed by atoms with Gasteiger partial charge in [0.25, 0.3) is 0 Å². The minimum Gasteiger partial charge on any atom is -0.289 e. The average Bonchev–Trinajstić information content (AvgIpc) is 2.53. The topological polar surface area (TPSA) is 17.1 Å². The van der Waals surface area contributed by atoms with Crippen molar-refractivity contribution in [1.29, 1.82) is 0 Å². The van der Waals surface area contributed by atoms with Gasteiger partial charge in [-0.2, -0.15) is 24.5 Å². The van der Waals surface area contributed by atoms with E-state index in [-0.39, 0.29) is 5.56 Å². The first-order valence-electron chi connectivity index (χ1n) is 3.77. The average molecular weight is 220 g/mol. The summed E-state index contributed by atoms with van der Waals surface area (Å²) in [7, 11) is 0. The Hall–Kier alpha value is -1.10. The number of ketones is 1. The lowest BCUT2D eigenvalue weighted by molar-refractivity contribution is -0.0888. The van der Waals surface area contributed by atoms with Gasteiger partial charge in [-0.15, -0.1) is 0 Å². The molecule has 0 aliphatic heterocycles. The molecule has 0 saturated carbocycles. The lowest BCUT2D eigenvalue weighted by Gasteiger charge is -2.08. The SMILES string of the molecule is C/C=C(/C(=O)c1ccsc1)C(F)(F)F. The van der Waals surface area contributed by atoms with Crippen LogP contribution in [-0.2, 0) is 0 Å². The predicted molar refractivity (Wildman–Crippen MR) is 48.5 cm³/mol. The van der Waals surface area contributed by atoms with Crippen molar-refractivity contribution >= 4 is 17.1 Å². The van der Waals surface area contributed by atoms with E-state index in [4.69, 9.17) is 0 Å². The van der Waals surface area contributed by atoms with Crippen LogP contribution in [0.2, 0.25) is 0 Å². The fraction of sp³-hybridized carbons (Fsp3) is 0.222. The van der Waals surface area contributed by atoms with Crippen molar-refractivity contribution in [3.8, 4) is 0 Å². The summed E-state index contributed by atoms with van der Waals surface area (Å²) < 4.78 is 36.8. The van der Waals surface area contributed by atoms with Crippen LogP contribution in [-0.4, -0.2) is 12.0 Å². The number of hydrogen-bond acceptors (Lipinski definition) is 2. The van der Waals surface area contributed by atoms with Gasteiger partial charge in [0.2, 0.25) is 0 Å². The van der Waals surface area contributed by atoms with Crippen LogP contribution in [0.25, 0.3) is 0 Å². The summed E-state index contributed by atoms with van der Waals surface area (Å²) in [5.41, 5.74) is -1.03. The number of Topliss-reactive ketones (excluding diaryl/α,β-unsaturated/α-hetero) is 1. The van der Waals surface area contributed by atoms with Crippen molar-refractivity contribution in [3.05, 3.63) is 34.0 Å². The zero-order chi connectivity index (χ0) is 10.8. The first-order chi connectivity index (χ1) is 6.46. The molecular weight excluding hydrogens is 213 g/mol. The van der Waals surface area contributed by atoms with E-state index in [2.05, 4.69) is 0 Å². The Morgan fingerprint density at radius 1 is 1.50 bits per heavy atom. The fourth-order valence-corrected chi connectivity index (χ4v) is 1.61. The third-order valence-electron chi connectivity index (χ3n) is 1.62. The van der Waals surface area contributed by atoms with Crippen LogP contribution in [0.4, 0.5) is 13.2 Å². The van der Waals surface area contributed by atoms with Gasteiger partial charge in [-0.05, 0) is 18.4 Å². The molecule has 0 N–H and O–H groups in total. The van der Waals surface area contributed by atoms with E-state index in [1.54, 1.807) is 5.38 Å². The second-order valence-electron chi connectivity index (χ2n) is 2.54. The summed E-state index contributed by atoms with van der Waals surface area (Å²) in [6.45, 7) is 1.20. The molecule has 0 amide bonds. The van der Waals surface area contributed by atoms with Crippen molar-refractivity contribution in [1.82, 2.24) is 0 Å². The molecule has 0 atom stereocenters. The number of halogens is 3. The highest BCUT2D eigenvalue weighted by Gasteiger charge is 2.38. The lowest BCUT2D eigenvalue weighted by Crippen LogP contribution is -2.19. The Balaban J connectivity index is 3.00. The smallest absolute Gasteiger partial charge is 0.289 e. The zero-order valence-electron chi connectivity index (χ0n) is 7.26. The van der Waals surface area contributed by atoms with Gasteiger partial charge in [0.1, 0.15) is 0 Å².